The van der Waals surface area contributed by atoms with Crippen LogP contribution < -0.4 is 4.90 Å². The predicted molar refractivity (Wildman–Crippen MR) is 95.0 cm³/mol. The number of piperidine rings is 1. The third-order valence-electron chi connectivity index (χ3n) is 4.74. The smallest absolute Gasteiger partial charge is 0.410 e. The van der Waals surface area contributed by atoms with Gasteiger partial charge in [-0.25, -0.2) is 9.78 Å². The number of alkyl halides is 2. The summed E-state index contributed by atoms with van der Waals surface area (Å²) in [7, 11) is 0. The first-order valence-electron chi connectivity index (χ1n) is 9.05. The SMILES string of the molecule is CC(C)(C)OC(=O)N1C2CC1CN(c1ccc(-c3nnc(C(F)F)o3)cn1)C2. The predicted octanol–water partition coefficient (Wildman–Crippen LogP) is 3.27. The Hall–Kier alpha value is -2.78. The van der Waals surface area contributed by atoms with Crippen LogP contribution in [0, 0.1) is 0 Å². The molecule has 3 saturated heterocycles. The zero-order valence-corrected chi connectivity index (χ0v) is 15.8. The Morgan fingerprint density at radius 3 is 2.50 bits per heavy atom. The quantitative estimate of drug-likeness (QED) is 0.791. The molecule has 2 aromatic heterocycles. The summed E-state index contributed by atoms with van der Waals surface area (Å²) in [6.45, 7) is 6.89. The second kappa shape index (κ2) is 6.68. The molecule has 2 unspecified atom stereocenters. The van der Waals surface area contributed by atoms with Crippen molar-refractivity contribution in [3.05, 3.63) is 24.2 Å². The molecule has 0 radical (unpaired) electrons. The van der Waals surface area contributed by atoms with Gasteiger partial charge in [0.2, 0.25) is 5.89 Å². The van der Waals surface area contributed by atoms with E-state index < -0.39 is 17.9 Å². The van der Waals surface area contributed by atoms with Gasteiger partial charge in [0, 0.05) is 19.3 Å². The Labute approximate surface area is 160 Å². The summed E-state index contributed by atoms with van der Waals surface area (Å²) in [4.78, 5) is 20.6. The molecule has 5 rings (SSSR count). The standard InChI is InChI=1S/C18H21F2N5O3/c1-18(2,3)28-17(26)25-11-6-12(25)9-24(8-11)13-5-4-10(7-21-13)15-22-23-16(27-15)14(19)20/h4-5,7,11-12,14H,6,8-9H2,1-3H3. The van der Waals surface area contributed by atoms with Crippen LogP contribution in [0.3, 0.4) is 0 Å². The van der Waals surface area contributed by atoms with Gasteiger partial charge in [0.1, 0.15) is 11.4 Å². The van der Waals surface area contributed by atoms with Gasteiger partial charge in [-0.3, -0.25) is 4.90 Å². The van der Waals surface area contributed by atoms with Gasteiger partial charge in [-0.05, 0) is 39.3 Å². The summed E-state index contributed by atoms with van der Waals surface area (Å²) in [6.07, 6.45) is -0.611. The van der Waals surface area contributed by atoms with Gasteiger partial charge in [-0.1, -0.05) is 0 Å². The second-order valence-electron chi connectivity index (χ2n) is 7.99. The molecule has 2 atom stereocenters. The lowest BCUT2D eigenvalue weighted by atomic mass is 9.88. The average Bonchev–Trinajstić information content (AvgIpc) is 3.10. The van der Waals surface area contributed by atoms with Gasteiger partial charge in [0.05, 0.1) is 17.6 Å². The second-order valence-corrected chi connectivity index (χ2v) is 7.99. The lowest BCUT2D eigenvalue weighted by Gasteiger charge is -2.56. The molecule has 3 fully saturated rings. The number of anilines is 1. The van der Waals surface area contributed by atoms with Crippen LogP contribution in [0.1, 0.15) is 39.5 Å². The summed E-state index contributed by atoms with van der Waals surface area (Å²) in [5.41, 5.74) is -0.0440. The number of carbonyl (C=O) groups excluding carboxylic acids is 1. The highest BCUT2D eigenvalue weighted by Crippen LogP contribution is 2.35. The highest BCUT2D eigenvalue weighted by atomic mass is 19.3. The van der Waals surface area contributed by atoms with Gasteiger partial charge in [-0.15, -0.1) is 10.2 Å². The Balaban J connectivity index is 1.41. The van der Waals surface area contributed by atoms with Crippen molar-refractivity contribution in [2.24, 2.45) is 0 Å². The van der Waals surface area contributed by atoms with Crippen LogP contribution in [-0.4, -0.2) is 56.9 Å². The van der Waals surface area contributed by atoms with E-state index in [1.165, 1.54) is 6.20 Å². The van der Waals surface area contributed by atoms with Crippen LogP contribution >= 0.6 is 0 Å². The third-order valence-corrected chi connectivity index (χ3v) is 4.74. The van der Waals surface area contributed by atoms with E-state index in [9.17, 15) is 13.6 Å². The molecule has 5 heterocycles. The van der Waals surface area contributed by atoms with Crippen LogP contribution in [0.25, 0.3) is 11.5 Å². The molecule has 3 aliphatic rings. The number of carbonyl (C=O) groups is 1. The van der Waals surface area contributed by atoms with Gasteiger partial charge >= 0.3 is 12.5 Å². The maximum Gasteiger partial charge on any atom is 0.410 e. The van der Waals surface area contributed by atoms with Crippen molar-refractivity contribution < 1.29 is 22.7 Å². The summed E-state index contributed by atoms with van der Waals surface area (Å²) < 4.78 is 35.6. The van der Waals surface area contributed by atoms with Crippen molar-refractivity contribution in [3.63, 3.8) is 0 Å². The molecule has 1 amide bonds. The van der Waals surface area contributed by atoms with E-state index in [1.807, 2.05) is 20.8 Å². The fraction of sp³-hybridized carbons (Fsp3) is 0.556. The van der Waals surface area contributed by atoms with Gasteiger partial charge in [-0.2, -0.15) is 8.78 Å². The molecular weight excluding hydrogens is 372 g/mol. The van der Waals surface area contributed by atoms with Crippen molar-refractivity contribution in [2.45, 2.75) is 51.3 Å². The minimum absolute atomic E-state index is 0.00643. The molecule has 0 spiro atoms. The van der Waals surface area contributed by atoms with E-state index in [2.05, 4.69) is 20.1 Å². The van der Waals surface area contributed by atoms with E-state index in [1.54, 1.807) is 17.0 Å². The number of piperazine rings is 1. The molecule has 0 aromatic carbocycles. The number of amides is 1. The number of fused-ring (bicyclic) bond motifs is 2. The molecule has 8 nitrogen and oxygen atoms in total. The normalized spacial score (nSPS) is 21.6. The summed E-state index contributed by atoms with van der Waals surface area (Å²) in [5, 5.41) is 6.94. The monoisotopic (exact) mass is 393 g/mol. The highest BCUT2D eigenvalue weighted by Gasteiger charge is 2.49. The molecular formula is C18H21F2N5O3. The number of rotatable bonds is 3. The van der Waals surface area contributed by atoms with Crippen LogP contribution in [0.4, 0.5) is 19.4 Å². The van der Waals surface area contributed by atoms with Gasteiger partial charge in [0.25, 0.3) is 5.89 Å². The van der Waals surface area contributed by atoms with Crippen LogP contribution in [0.15, 0.2) is 22.7 Å². The molecule has 2 bridgehead atoms. The number of aromatic nitrogens is 3. The fourth-order valence-electron chi connectivity index (χ4n) is 3.55. The Morgan fingerprint density at radius 2 is 1.96 bits per heavy atom. The zero-order chi connectivity index (χ0) is 20.1. The highest BCUT2D eigenvalue weighted by molar-refractivity contribution is 5.71. The van der Waals surface area contributed by atoms with E-state index >= 15 is 0 Å². The first-order valence-corrected chi connectivity index (χ1v) is 9.05. The molecule has 150 valence electrons. The zero-order valence-electron chi connectivity index (χ0n) is 15.8. The van der Waals surface area contributed by atoms with E-state index in [0.717, 1.165) is 12.2 Å². The lowest BCUT2D eigenvalue weighted by molar-refractivity contribution is -0.0380. The number of hydrogen-bond acceptors (Lipinski definition) is 7. The molecule has 3 aliphatic heterocycles. The number of hydrogen-bond donors (Lipinski definition) is 0. The van der Waals surface area contributed by atoms with Crippen LogP contribution in [0.2, 0.25) is 0 Å². The number of nitrogens with zero attached hydrogens (tertiary/aromatic N) is 5. The first kappa shape index (κ1) is 18.6. The third kappa shape index (κ3) is 3.50. The molecule has 0 N–H and O–H groups in total. The summed E-state index contributed by atoms with van der Waals surface area (Å²) in [6, 6.07) is 3.68. The van der Waals surface area contributed by atoms with Crippen LogP contribution in [-0.2, 0) is 4.74 Å². The van der Waals surface area contributed by atoms with Gasteiger partial charge < -0.3 is 14.1 Å². The Bertz CT molecular complexity index is 853. The Morgan fingerprint density at radius 1 is 1.25 bits per heavy atom. The molecule has 10 heteroatoms. The first-order chi connectivity index (χ1) is 13.2. The molecule has 0 saturated carbocycles. The van der Waals surface area contributed by atoms with Crippen molar-refractivity contribution in [1.29, 1.82) is 0 Å². The van der Waals surface area contributed by atoms with Crippen LogP contribution in [0.5, 0.6) is 0 Å². The topological polar surface area (TPSA) is 84.6 Å². The van der Waals surface area contributed by atoms with E-state index in [4.69, 9.17) is 9.15 Å². The number of halogens is 2. The molecule has 2 aromatic rings. The maximum absolute atomic E-state index is 12.6. The lowest BCUT2D eigenvalue weighted by Crippen LogP contribution is -2.70. The minimum atomic E-state index is -2.80. The van der Waals surface area contributed by atoms with E-state index in [0.29, 0.717) is 18.7 Å². The fourth-order valence-corrected chi connectivity index (χ4v) is 3.55. The van der Waals surface area contributed by atoms with E-state index in [-0.39, 0.29) is 24.1 Å². The van der Waals surface area contributed by atoms with Crippen molar-refractivity contribution >= 4 is 11.9 Å². The van der Waals surface area contributed by atoms with Crippen molar-refractivity contribution in [3.8, 4) is 11.5 Å². The van der Waals surface area contributed by atoms with Crippen molar-refractivity contribution in [2.75, 3.05) is 18.0 Å². The minimum Gasteiger partial charge on any atom is -0.444 e. The van der Waals surface area contributed by atoms with Crippen molar-refractivity contribution in [1.82, 2.24) is 20.1 Å². The summed E-state index contributed by atoms with van der Waals surface area (Å²) in [5.74, 6) is 0.0419. The largest absolute Gasteiger partial charge is 0.444 e. The average molecular weight is 393 g/mol. The van der Waals surface area contributed by atoms with Gasteiger partial charge in [0.15, 0.2) is 0 Å². The molecule has 28 heavy (non-hydrogen) atoms. The number of pyridine rings is 1. The number of ether oxygens (including phenoxy) is 1. The maximum atomic E-state index is 12.6. The molecule has 0 aliphatic carbocycles. The summed E-state index contributed by atoms with van der Waals surface area (Å²) >= 11 is 0. The Kier molecular flexibility index (Phi) is 4.43.